The lowest BCUT2D eigenvalue weighted by molar-refractivity contribution is -0.705. The van der Waals surface area contributed by atoms with Crippen LogP contribution >= 0.6 is 22.9 Å². The molecule has 11 nitrogen and oxygen atoms in total. The molecule has 14 heteroatoms. The Morgan fingerprint density at radius 2 is 1.97 bits per heavy atom. The molecular weight excluding hydrogens is 446 g/mol. The van der Waals surface area contributed by atoms with Crippen molar-refractivity contribution in [1.82, 2.24) is 10.3 Å². The smallest absolute Gasteiger partial charge is 0.281 e. The summed E-state index contributed by atoms with van der Waals surface area (Å²) in [6, 6.07) is 9.95. The Balaban J connectivity index is 1.74. The van der Waals surface area contributed by atoms with E-state index in [2.05, 4.69) is 19.5 Å². The summed E-state index contributed by atoms with van der Waals surface area (Å²) < 4.78 is 33.8. The van der Waals surface area contributed by atoms with Crippen molar-refractivity contribution in [3.8, 4) is 5.69 Å². The second kappa shape index (κ2) is 6.95. The summed E-state index contributed by atoms with van der Waals surface area (Å²) in [6.45, 7) is 0. The quantitative estimate of drug-likeness (QED) is 0.266. The monoisotopic (exact) mass is 454 g/mol. The largest absolute Gasteiger partial charge is 0.449 e. The highest BCUT2D eigenvalue weighted by Gasteiger charge is 2.37. The summed E-state index contributed by atoms with van der Waals surface area (Å²) in [5, 5.41) is 12.8. The van der Waals surface area contributed by atoms with Crippen molar-refractivity contribution < 1.29 is 22.5 Å². The molecule has 2 heterocycles. The molecule has 148 valence electrons. The molecule has 0 fully saturated rings. The van der Waals surface area contributed by atoms with Crippen molar-refractivity contribution in [3.63, 3.8) is 0 Å². The number of non-ortho nitro benzene ring substituents is 1. The molecule has 0 atom stereocenters. The van der Waals surface area contributed by atoms with E-state index >= 15 is 0 Å². The first kappa shape index (κ1) is 19.0. The van der Waals surface area contributed by atoms with Crippen LogP contribution in [0.2, 0.25) is 5.02 Å². The molecule has 0 aliphatic rings. The third kappa shape index (κ3) is 3.57. The molecule has 2 aromatic carbocycles. The number of hydrogen-bond acceptors (Lipinski definition) is 8. The summed E-state index contributed by atoms with van der Waals surface area (Å²) in [5.41, 5.74) is -0.614. The van der Waals surface area contributed by atoms with Crippen molar-refractivity contribution in [2.75, 3.05) is 4.72 Å². The van der Waals surface area contributed by atoms with Crippen LogP contribution in [-0.4, -0.2) is 23.6 Å². The molecular formula is C15H9ClN5O6S2+. The van der Waals surface area contributed by atoms with Gasteiger partial charge in [-0.25, -0.2) is 14.5 Å². The molecule has 0 amide bonds. The minimum atomic E-state index is -4.41. The van der Waals surface area contributed by atoms with E-state index in [0.29, 0.717) is 20.9 Å². The van der Waals surface area contributed by atoms with E-state index in [4.69, 9.17) is 11.6 Å². The van der Waals surface area contributed by atoms with Gasteiger partial charge in [-0.3, -0.25) is 14.6 Å². The normalized spacial score (nSPS) is 11.6. The summed E-state index contributed by atoms with van der Waals surface area (Å²) in [7, 11) is -4.41. The second-order valence-corrected chi connectivity index (χ2v) is 8.70. The van der Waals surface area contributed by atoms with Crippen LogP contribution in [0.3, 0.4) is 0 Å². The van der Waals surface area contributed by atoms with Crippen molar-refractivity contribution in [2.45, 2.75) is 5.03 Å². The molecule has 0 spiro atoms. The number of thiazole rings is 1. The molecule has 0 aliphatic carbocycles. The minimum Gasteiger partial charge on any atom is -0.281 e. The molecule has 2 N–H and O–H groups in total. The Morgan fingerprint density at radius 1 is 1.24 bits per heavy atom. The van der Waals surface area contributed by atoms with Gasteiger partial charge in [-0.05, 0) is 28.2 Å². The number of aromatic nitrogens is 3. The number of halogens is 1. The zero-order valence-corrected chi connectivity index (χ0v) is 16.4. The molecule has 0 saturated heterocycles. The van der Waals surface area contributed by atoms with Crippen LogP contribution in [-0.2, 0) is 10.0 Å². The lowest BCUT2D eigenvalue weighted by Crippen LogP contribution is -2.42. The summed E-state index contributed by atoms with van der Waals surface area (Å²) in [4.78, 5) is 26.5. The van der Waals surface area contributed by atoms with Crippen LogP contribution in [0.15, 0.2) is 56.8 Å². The Labute approximate surface area is 170 Å². The highest BCUT2D eigenvalue weighted by molar-refractivity contribution is 7.92. The number of nitro benzene ring substituents is 1. The van der Waals surface area contributed by atoms with Gasteiger partial charge < -0.3 is 0 Å². The fourth-order valence-electron chi connectivity index (χ4n) is 2.49. The van der Waals surface area contributed by atoms with Crippen LogP contribution < -0.4 is 15.0 Å². The predicted molar refractivity (Wildman–Crippen MR) is 103 cm³/mol. The van der Waals surface area contributed by atoms with E-state index < -0.39 is 25.6 Å². The van der Waals surface area contributed by atoms with Crippen molar-refractivity contribution in [3.05, 3.63) is 68.0 Å². The first-order valence-corrected chi connectivity index (χ1v) is 10.4. The fraction of sp³-hybridized carbons (Fsp3) is 0. The number of rotatable bonds is 5. The number of hydrogen-bond donors (Lipinski definition) is 2. The Morgan fingerprint density at radius 3 is 2.66 bits per heavy atom. The zero-order chi connectivity index (χ0) is 20.8. The third-order valence-corrected chi connectivity index (χ3v) is 6.39. The minimum absolute atomic E-state index is 0.0660. The van der Waals surface area contributed by atoms with E-state index in [9.17, 15) is 23.3 Å². The maximum Gasteiger partial charge on any atom is 0.449 e. The van der Waals surface area contributed by atoms with Gasteiger partial charge in [0, 0.05) is 29.3 Å². The van der Waals surface area contributed by atoms with E-state index in [-0.39, 0.29) is 10.8 Å². The molecule has 0 saturated carbocycles. The number of H-pyrrole nitrogens is 1. The van der Waals surface area contributed by atoms with Crippen molar-refractivity contribution in [1.29, 1.82) is 0 Å². The summed E-state index contributed by atoms with van der Waals surface area (Å²) in [5.74, 6) is 0. The lowest BCUT2D eigenvalue weighted by Gasteiger charge is -1.99. The molecule has 0 aliphatic heterocycles. The second-order valence-electron chi connectivity index (χ2n) is 5.63. The molecule has 0 bridgehead atoms. The lowest BCUT2D eigenvalue weighted by atomic mass is 10.3. The van der Waals surface area contributed by atoms with Crippen LogP contribution in [0.4, 0.5) is 10.8 Å². The molecule has 2 aromatic heterocycles. The molecule has 4 aromatic rings. The first-order valence-electron chi connectivity index (χ1n) is 7.72. The average molecular weight is 455 g/mol. The van der Waals surface area contributed by atoms with E-state index in [1.54, 1.807) is 0 Å². The predicted octanol–water partition coefficient (Wildman–Crippen LogP) is 2.22. The van der Waals surface area contributed by atoms with Crippen LogP contribution in [0.1, 0.15) is 0 Å². The fourth-order valence-corrected chi connectivity index (χ4v) is 4.88. The third-order valence-electron chi connectivity index (χ3n) is 3.75. The first-order chi connectivity index (χ1) is 13.7. The van der Waals surface area contributed by atoms with Crippen LogP contribution in [0.5, 0.6) is 0 Å². The van der Waals surface area contributed by atoms with Crippen LogP contribution in [0, 0.1) is 10.1 Å². The molecule has 0 unspecified atom stereocenters. The summed E-state index contributed by atoms with van der Waals surface area (Å²) >= 11 is 6.71. The molecule has 4 rings (SSSR count). The van der Waals surface area contributed by atoms with Crippen molar-refractivity contribution in [2.24, 2.45) is 0 Å². The molecule has 0 radical (unpaired) electrons. The Hall–Kier alpha value is -3.29. The number of nitro groups is 1. The van der Waals surface area contributed by atoms with Gasteiger partial charge in [0.25, 0.3) is 5.69 Å². The topological polar surface area (TPSA) is 152 Å². The van der Waals surface area contributed by atoms with Gasteiger partial charge in [-0.2, -0.15) is 8.42 Å². The maximum absolute atomic E-state index is 12.8. The SMILES string of the molecule is O=c1o[nH][n+](-c2ccc(Cl)cc2)c1S(=O)(=O)Nc1nc2ccc([N+](=O)[O-])cc2s1. The highest BCUT2D eigenvalue weighted by Crippen LogP contribution is 2.30. The van der Waals surface area contributed by atoms with Crippen molar-refractivity contribution >= 4 is 54.0 Å². The van der Waals surface area contributed by atoms with Gasteiger partial charge in [0.1, 0.15) is 0 Å². The standard InChI is InChI=1S/C15H8ClN5O6S2/c16-8-1-3-9(4-2-8)20-13(14(22)27-19-20)29(25,26)18-15-17-11-6-5-10(21(23)24)7-12(11)28-15/h1-7H,(H-,17,18,19,22)/p+1. The van der Waals surface area contributed by atoms with Crippen LogP contribution in [0.25, 0.3) is 15.9 Å². The van der Waals surface area contributed by atoms with E-state index in [1.165, 1.54) is 42.5 Å². The van der Waals surface area contributed by atoms with E-state index in [1.807, 2.05) is 0 Å². The number of fused-ring (bicyclic) bond motifs is 1. The van der Waals surface area contributed by atoms with Gasteiger partial charge >= 0.3 is 20.7 Å². The Bertz CT molecular complexity index is 1410. The van der Waals surface area contributed by atoms with Gasteiger partial charge in [0.05, 0.1) is 15.1 Å². The van der Waals surface area contributed by atoms with E-state index in [0.717, 1.165) is 16.0 Å². The number of anilines is 1. The van der Waals surface area contributed by atoms with Gasteiger partial charge in [-0.1, -0.05) is 22.9 Å². The van der Waals surface area contributed by atoms with Gasteiger partial charge in [0.15, 0.2) is 5.13 Å². The van der Waals surface area contributed by atoms with Gasteiger partial charge in [0.2, 0.25) is 5.69 Å². The number of sulfonamides is 1. The molecule has 29 heavy (non-hydrogen) atoms. The number of aromatic amines is 1. The number of benzene rings is 2. The van der Waals surface area contributed by atoms with Gasteiger partial charge in [-0.15, -0.1) is 0 Å². The number of nitrogens with one attached hydrogen (secondary N) is 2. The Kier molecular flexibility index (Phi) is 4.56. The highest BCUT2D eigenvalue weighted by atomic mass is 35.5. The number of nitrogens with zero attached hydrogens (tertiary/aromatic N) is 3. The zero-order valence-electron chi connectivity index (χ0n) is 14.0. The average Bonchev–Trinajstić information content (AvgIpc) is 3.24. The summed E-state index contributed by atoms with van der Waals surface area (Å²) in [6.07, 6.45) is 0. The maximum atomic E-state index is 12.8.